The lowest BCUT2D eigenvalue weighted by Crippen LogP contribution is -2.51. The maximum absolute atomic E-state index is 13.4. The van der Waals surface area contributed by atoms with Gasteiger partial charge in [-0.3, -0.25) is 19.4 Å². The van der Waals surface area contributed by atoms with Gasteiger partial charge in [0.15, 0.2) is 5.69 Å². The largest absolute Gasteiger partial charge is 0.444 e. The van der Waals surface area contributed by atoms with Crippen molar-refractivity contribution in [1.29, 1.82) is 0 Å². The van der Waals surface area contributed by atoms with Crippen LogP contribution in [0.2, 0.25) is 0 Å². The van der Waals surface area contributed by atoms with Gasteiger partial charge in [-0.2, -0.15) is 0 Å². The molecule has 0 radical (unpaired) electrons. The summed E-state index contributed by atoms with van der Waals surface area (Å²) in [6.07, 6.45) is 5.78. The normalized spacial score (nSPS) is 16.8. The molecule has 12 nitrogen and oxygen atoms in total. The first-order chi connectivity index (χ1) is 21.5. The number of benzene rings is 1. The predicted octanol–water partition coefficient (Wildman–Crippen LogP) is 4.82. The van der Waals surface area contributed by atoms with E-state index in [2.05, 4.69) is 26.1 Å². The average molecular weight is 617 g/mol. The molecular weight excluding hydrogens is 576 g/mol. The number of carbonyl (C=O) groups is 4. The number of alkyl carbamates (subject to hydrolysis) is 1. The molecule has 1 aliphatic carbocycles. The van der Waals surface area contributed by atoms with Crippen molar-refractivity contribution in [2.45, 2.75) is 77.0 Å². The number of nitrogens with zero attached hydrogens (tertiary/aromatic N) is 3. The second-order valence-corrected chi connectivity index (χ2v) is 12.7. The summed E-state index contributed by atoms with van der Waals surface area (Å²) in [7, 11) is 0. The fourth-order valence-electron chi connectivity index (χ4n) is 5.43. The van der Waals surface area contributed by atoms with Crippen LogP contribution in [0.4, 0.5) is 10.5 Å². The summed E-state index contributed by atoms with van der Waals surface area (Å²) in [5.41, 5.74) is 1.30. The molecule has 5 rings (SSSR count). The highest BCUT2D eigenvalue weighted by atomic mass is 16.6. The van der Waals surface area contributed by atoms with Crippen LogP contribution in [-0.2, 0) is 9.53 Å². The summed E-state index contributed by atoms with van der Waals surface area (Å²) in [6.45, 7) is 7.79. The molecule has 12 heteroatoms. The van der Waals surface area contributed by atoms with Crippen molar-refractivity contribution >= 4 is 29.5 Å². The molecule has 1 aromatic carbocycles. The van der Waals surface area contributed by atoms with Crippen molar-refractivity contribution in [3.63, 3.8) is 0 Å². The Labute approximate surface area is 262 Å². The molecule has 45 heavy (non-hydrogen) atoms. The number of pyridine rings is 1. The van der Waals surface area contributed by atoms with Gasteiger partial charge in [0.1, 0.15) is 17.4 Å². The van der Waals surface area contributed by atoms with Gasteiger partial charge in [0, 0.05) is 36.8 Å². The molecular formula is C33H40N6O6. The number of hydrogen-bond donors (Lipinski definition) is 3. The van der Waals surface area contributed by atoms with Crippen LogP contribution in [0.3, 0.4) is 0 Å². The molecule has 0 spiro atoms. The molecule has 3 N–H and O–H groups in total. The molecule has 1 unspecified atom stereocenters. The third-order valence-electron chi connectivity index (χ3n) is 7.88. The average Bonchev–Trinajstić information content (AvgIpc) is 3.74. The van der Waals surface area contributed by atoms with Crippen molar-refractivity contribution in [3.05, 3.63) is 77.4 Å². The van der Waals surface area contributed by atoms with Crippen molar-refractivity contribution in [2.24, 2.45) is 5.92 Å². The molecule has 2 aliphatic rings. The van der Waals surface area contributed by atoms with Crippen LogP contribution in [0.5, 0.6) is 0 Å². The first-order valence-electron chi connectivity index (χ1n) is 15.3. The highest BCUT2D eigenvalue weighted by molar-refractivity contribution is 6.04. The number of aromatic nitrogens is 2. The van der Waals surface area contributed by atoms with Crippen LogP contribution in [0, 0.1) is 5.92 Å². The lowest BCUT2D eigenvalue weighted by Gasteiger charge is -2.37. The summed E-state index contributed by atoms with van der Waals surface area (Å²) >= 11 is 0. The second-order valence-electron chi connectivity index (χ2n) is 12.7. The van der Waals surface area contributed by atoms with E-state index in [1.807, 2.05) is 6.07 Å². The minimum absolute atomic E-state index is 0.0430. The number of nitrogens with one attached hydrogen (secondary N) is 3. The number of rotatable bonds is 9. The Morgan fingerprint density at radius 1 is 0.978 bits per heavy atom. The van der Waals surface area contributed by atoms with Gasteiger partial charge >= 0.3 is 6.09 Å². The zero-order valence-electron chi connectivity index (χ0n) is 26.0. The first-order valence-corrected chi connectivity index (χ1v) is 15.3. The lowest BCUT2D eigenvalue weighted by atomic mass is 9.84. The Hall–Kier alpha value is -4.74. The van der Waals surface area contributed by atoms with Crippen molar-refractivity contribution < 1.29 is 28.4 Å². The van der Waals surface area contributed by atoms with Gasteiger partial charge in [0.2, 0.25) is 5.91 Å². The summed E-state index contributed by atoms with van der Waals surface area (Å²) in [4.78, 5) is 57.6. The van der Waals surface area contributed by atoms with Crippen LogP contribution < -0.4 is 16.0 Å². The molecule has 4 amide bonds. The van der Waals surface area contributed by atoms with E-state index in [0.29, 0.717) is 48.9 Å². The number of likely N-dealkylation sites (tertiary alicyclic amines) is 1. The smallest absolute Gasteiger partial charge is 0.408 e. The highest BCUT2D eigenvalue weighted by Crippen LogP contribution is 2.40. The molecule has 1 saturated heterocycles. The van der Waals surface area contributed by atoms with Gasteiger partial charge < -0.3 is 30.1 Å². The zero-order chi connectivity index (χ0) is 32.1. The Kier molecular flexibility index (Phi) is 9.50. The highest BCUT2D eigenvalue weighted by Gasteiger charge is 2.34. The summed E-state index contributed by atoms with van der Waals surface area (Å²) in [5, 5.41) is 12.6. The van der Waals surface area contributed by atoms with E-state index in [4.69, 9.17) is 9.26 Å². The fourth-order valence-corrected chi connectivity index (χ4v) is 5.43. The number of amides is 4. The molecule has 238 valence electrons. The van der Waals surface area contributed by atoms with E-state index >= 15 is 0 Å². The molecule has 1 aliphatic heterocycles. The van der Waals surface area contributed by atoms with Crippen molar-refractivity contribution in [2.75, 3.05) is 18.4 Å². The van der Waals surface area contributed by atoms with Crippen molar-refractivity contribution in [1.82, 2.24) is 25.7 Å². The lowest BCUT2D eigenvalue weighted by molar-refractivity contribution is -0.134. The van der Waals surface area contributed by atoms with Crippen LogP contribution in [0.25, 0.3) is 0 Å². The van der Waals surface area contributed by atoms with E-state index in [0.717, 1.165) is 18.4 Å². The number of anilines is 1. The van der Waals surface area contributed by atoms with Crippen LogP contribution in [0.1, 0.15) is 97.5 Å². The maximum Gasteiger partial charge on any atom is 0.408 e. The zero-order valence-corrected chi connectivity index (χ0v) is 26.0. The molecule has 3 aromatic rings. The van der Waals surface area contributed by atoms with Gasteiger partial charge in [-0.25, -0.2) is 4.79 Å². The third-order valence-corrected chi connectivity index (χ3v) is 7.88. The van der Waals surface area contributed by atoms with Gasteiger partial charge in [0.05, 0.1) is 17.9 Å². The Balaban J connectivity index is 1.30. The monoisotopic (exact) mass is 616 g/mol. The van der Waals surface area contributed by atoms with Gasteiger partial charge in [-0.1, -0.05) is 17.3 Å². The van der Waals surface area contributed by atoms with E-state index < -0.39 is 23.8 Å². The Morgan fingerprint density at radius 2 is 1.73 bits per heavy atom. The number of carbonyl (C=O) groups excluding carboxylic acids is 4. The third kappa shape index (κ3) is 8.46. The minimum Gasteiger partial charge on any atom is -0.444 e. The van der Waals surface area contributed by atoms with E-state index in [1.165, 1.54) is 0 Å². The first kappa shape index (κ1) is 31.7. The minimum atomic E-state index is -0.755. The topological polar surface area (TPSA) is 156 Å². The van der Waals surface area contributed by atoms with E-state index in [-0.39, 0.29) is 29.3 Å². The number of ether oxygens (including phenoxy) is 1. The Morgan fingerprint density at radius 3 is 2.40 bits per heavy atom. The summed E-state index contributed by atoms with van der Waals surface area (Å²) in [5.74, 6) is 0.121. The number of hydrogen-bond acceptors (Lipinski definition) is 8. The van der Waals surface area contributed by atoms with Gasteiger partial charge in [-0.05, 0) is 89.1 Å². The van der Waals surface area contributed by atoms with Crippen LogP contribution in [0.15, 0.2) is 59.4 Å². The maximum atomic E-state index is 13.4. The quantitative estimate of drug-likeness (QED) is 0.309. The summed E-state index contributed by atoms with van der Waals surface area (Å²) in [6, 6.07) is 11.1. The SMILES string of the molecule is C[C@H](NC(=O)OC(C)(C)C)C(=O)N1CCC(C(NC(=O)c2cc(C3CC3)on2)c2cccc(C(=O)Nc3cccnc3)c2)CC1. The van der Waals surface area contributed by atoms with Crippen molar-refractivity contribution in [3.8, 4) is 0 Å². The second kappa shape index (κ2) is 13.5. The Bertz CT molecular complexity index is 1520. The van der Waals surface area contributed by atoms with E-state index in [9.17, 15) is 19.2 Å². The van der Waals surface area contributed by atoms with Crippen LogP contribution in [-0.4, -0.2) is 63.6 Å². The van der Waals surface area contributed by atoms with Gasteiger partial charge in [-0.15, -0.1) is 0 Å². The molecule has 3 heterocycles. The summed E-state index contributed by atoms with van der Waals surface area (Å²) < 4.78 is 10.7. The molecule has 0 bridgehead atoms. The fraction of sp³-hybridized carbons (Fsp3) is 0.455. The molecule has 2 atom stereocenters. The molecule has 2 aromatic heterocycles. The number of piperidine rings is 1. The molecule has 1 saturated carbocycles. The standard InChI is InChI=1S/C33H40N6O6/c1-20(35-32(43)44-33(2,3)4)31(42)39-15-12-22(13-16-39)28(37-30(41)26-18-27(45-38-26)21-10-11-21)23-7-5-8-24(17-23)29(40)36-25-9-6-14-34-19-25/h5-9,14,17-22,28H,10-13,15-16H2,1-4H3,(H,35,43)(H,36,40)(H,37,41)/t20-,28?/m0/s1. The molecule has 2 fully saturated rings. The predicted molar refractivity (Wildman–Crippen MR) is 165 cm³/mol. The van der Waals surface area contributed by atoms with Crippen LogP contribution >= 0.6 is 0 Å². The van der Waals surface area contributed by atoms with E-state index in [1.54, 1.807) is 81.4 Å². The van der Waals surface area contributed by atoms with Gasteiger partial charge in [0.25, 0.3) is 11.8 Å².